The van der Waals surface area contributed by atoms with E-state index in [0.29, 0.717) is 61.2 Å². The Hall–Kier alpha value is -4.40. The van der Waals surface area contributed by atoms with Crippen molar-refractivity contribution in [2.45, 2.75) is 26.3 Å². The lowest BCUT2D eigenvalue weighted by Crippen LogP contribution is -2.52. The van der Waals surface area contributed by atoms with Crippen molar-refractivity contribution < 1.29 is 9.18 Å². The SMILES string of the molecule is Cc1nn(-c2ccnc(N3CCN(C(=O)N4N=CCC4c4cncc(F)c4)CC3)n2)c(C)c1C#N. The number of carbonyl (C=O) groups excluding carboxylic acids is 1. The number of hydrogen-bond donors (Lipinski definition) is 0. The number of nitriles is 1. The Labute approximate surface area is 201 Å². The van der Waals surface area contributed by atoms with Crippen LogP contribution in [0.4, 0.5) is 15.1 Å². The zero-order valence-corrected chi connectivity index (χ0v) is 19.3. The molecule has 1 fully saturated rings. The number of amides is 2. The summed E-state index contributed by atoms with van der Waals surface area (Å²) in [6, 6.07) is 4.71. The van der Waals surface area contributed by atoms with Gasteiger partial charge < -0.3 is 9.80 Å². The van der Waals surface area contributed by atoms with E-state index in [1.807, 2.05) is 11.8 Å². The number of hydrogen-bond acceptors (Lipinski definition) is 8. The van der Waals surface area contributed by atoms with Crippen molar-refractivity contribution in [2.75, 3.05) is 31.1 Å². The molecule has 11 nitrogen and oxygen atoms in total. The molecule has 35 heavy (non-hydrogen) atoms. The summed E-state index contributed by atoms with van der Waals surface area (Å²) >= 11 is 0. The predicted molar refractivity (Wildman–Crippen MR) is 124 cm³/mol. The van der Waals surface area contributed by atoms with Gasteiger partial charge in [0.15, 0.2) is 5.82 Å². The van der Waals surface area contributed by atoms with Gasteiger partial charge in [-0.1, -0.05) is 0 Å². The number of nitrogens with zero attached hydrogens (tertiary/aromatic N) is 10. The minimum Gasteiger partial charge on any atom is -0.337 e. The number of halogens is 1. The van der Waals surface area contributed by atoms with Gasteiger partial charge in [-0.3, -0.25) is 4.98 Å². The van der Waals surface area contributed by atoms with Gasteiger partial charge in [-0.15, -0.1) is 0 Å². The highest BCUT2D eigenvalue weighted by molar-refractivity contribution is 5.78. The van der Waals surface area contributed by atoms with Crippen LogP contribution in [0.2, 0.25) is 0 Å². The molecule has 0 saturated carbocycles. The summed E-state index contributed by atoms with van der Waals surface area (Å²) in [4.78, 5) is 29.9. The van der Waals surface area contributed by atoms with Crippen LogP contribution in [0.1, 0.15) is 35.0 Å². The Balaban J connectivity index is 1.27. The fourth-order valence-electron chi connectivity index (χ4n) is 4.37. The van der Waals surface area contributed by atoms with Crippen molar-refractivity contribution in [1.82, 2.24) is 34.6 Å². The number of anilines is 1. The lowest BCUT2D eigenvalue weighted by molar-refractivity contribution is 0.139. The third-order valence-corrected chi connectivity index (χ3v) is 6.22. The Bertz CT molecular complexity index is 1340. The van der Waals surface area contributed by atoms with Crippen LogP contribution in [0, 0.1) is 31.0 Å². The van der Waals surface area contributed by atoms with Crippen molar-refractivity contribution >= 4 is 18.2 Å². The molecule has 0 aromatic carbocycles. The van der Waals surface area contributed by atoms with Gasteiger partial charge in [0, 0.05) is 57.3 Å². The summed E-state index contributed by atoms with van der Waals surface area (Å²) in [5, 5.41) is 19.4. The fourth-order valence-corrected chi connectivity index (χ4v) is 4.37. The van der Waals surface area contributed by atoms with Gasteiger partial charge in [0.05, 0.1) is 29.2 Å². The topological polar surface area (TPSA) is 119 Å². The molecule has 1 atom stereocenters. The van der Waals surface area contributed by atoms with Crippen LogP contribution in [-0.2, 0) is 0 Å². The molecular weight excluding hydrogens is 451 g/mol. The molecule has 3 aromatic rings. The van der Waals surface area contributed by atoms with E-state index in [2.05, 4.69) is 31.2 Å². The van der Waals surface area contributed by atoms with Crippen LogP contribution in [0.5, 0.6) is 0 Å². The predicted octanol–water partition coefficient (Wildman–Crippen LogP) is 2.36. The van der Waals surface area contributed by atoms with Crippen molar-refractivity contribution in [3.05, 3.63) is 59.1 Å². The molecule has 5 rings (SSSR count). The van der Waals surface area contributed by atoms with Gasteiger partial charge in [0.2, 0.25) is 5.95 Å². The average Bonchev–Trinajstić information content (AvgIpc) is 3.48. The summed E-state index contributed by atoms with van der Waals surface area (Å²) in [6.45, 7) is 5.63. The first-order valence-electron chi connectivity index (χ1n) is 11.2. The van der Waals surface area contributed by atoms with E-state index in [0.717, 1.165) is 11.9 Å². The number of hydrazone groups is 1. The third-order valence-electron chi connectivity index (χ3n) is 6.22. The number of rotatable bonds is 3. The van der Waals surface area contributed by atoms with Crippen molar-refractivity contribution in [2.24, 2.45) is 5.10 Å². The maximum atomic E-state index is 13.7. The standard InChI is InChI=1S/C23H23FN10O/c1-15-19(12-25)16(2)33(30-15)21-4-5-27-22(29-21)31-7-9-32(10-8-31)23(35)34-20(3-6-28-34)17-11-18(24)14-26-13-17/h4-6,11,13-14,20H,3,7-10H2,1-2H3. The molecule has 0 spiro atoms. The van der Waals surface area contributed by atoms with E-state index in [-0.39, 0.29) is 12.1 Å². The van der Waals surface area contributed by atoms with Gasteiger partial charge in [-0.05, 0) is 25.5 Å². The van der Waals surface area contributed by atoms with Crippen LogP contribution < -0.4 is 4.90 Å². The molecule has 0 bridgehead atoms. The Morgan fingerprint density at radius 1 is 1.20 bits per heavy atom. The number of urea groups is 1. The minimum absolute atomic E-state index is 0.228. The molecule has 0 N–H and O–H groups in total. The number of carbonyl (C=O) groups is 1. The van der Waals surface area contributed by atoms with Gasteiger partial charge in [-0.25, -0.2) is 23.9 Å². The summed E-state index contributed by atoms with van der Waals surface area (Å²) < 4.78 is 15.3. The zero-order chi connectivity index (χ0) is 24.5. The molecule has 5 heterocycles. The lowest BCUT2D eigenvalue weighted by Gasteiger charge is -2.37. The van der Waals surface area contributed by atoms with Crippen molar-refractivity contribution in [3.8, 4) is 11.9 Å². The minimum atomic E-state index is -0.443. The molecule has 1 unspecified atom stereocenters. The smallest absolute Gasteiger partial charge is 0.337 e. The molecule has 2 aliphatic heterocycles. The van der Waals surface area contributed by atoms with E-state index in [1.54, 1.807) is 41.2 Å². The largest absolute Gasteiger partial charge is 0.341 e. The lowest BCUT2D eigenvalue weighted by atomic mass is 10.1. The summed E-state index contributed by atoms with van der Waals surface area (Å²) in [7, 11) is 0. The van der Waals surface area contributed by atoms with Crippen molar-refractivity contribution in [3.63, 3.8) is 0 Å². The van der Waals surface area contributed by atoms with Crippen molar-refractivity contribution in [1.29, 1.82) is 5.26 Å². The molecule has 2 aliphatic rings. The zero-order valence-electron chi connectivity index (χ0n) is 19.3. The van der Waals surface area contributed by atoms with Crippen LogP contribution in [-0.4, -0.2) is 73.1 Å². The third kappa shape index (κ3) is 4.16. The van der Waals surface area contributed by atoms with E-state index in [4.69, 9.17) is 0 Å². The quantitative estimate of drug-likeness (QED) is 0.572. The molecule has 12 heteroatoms. The first-order chi connectivity index (χ1) is 17.0. The van der Waals surface area contributed by atoms with E-state index >= 15 is 0 Å². The monoisotopic (exact) mass is 474 g/mol. The highest BCUT2D eigenvalue weighted by Gasteiger charge is 2.33. The molecular formula is C23H23FN10O. The van der Waals surface area contributed by atoms with E-state index in [1.165, 1.54) is 11.1 Å². The number of pyridine rings is 1. The van der Waals surface area contributed by atoms with Gasteiger partial charge in [0.25, 0.3) is 0 Å². The van der Waals surface area contributed by atoms with Crippen LogP contribution >= 0.6 is 0 Å². The first kappa shape index (κ1) is 22.4. The Kier molecular flexibility index (Phi) is 5.82. The first-order valence-corrected chi connectivity index (χ1v) is 11.2. The highest BCUT2D eigenvalue weighted by atomic mass is 19.1. The van der Waals surface area contributed by atoms with Crippen LogP contribution in [0.25, 0.3) is 5.82 Å². The number of aromatic nitrogens is 5. The second-order valence-corrected chi connectivity index (χ2v) is 8.37. The maximum absolute atomic E-state index is 13.7. The summed E-state index contributed by atoms with van der Waals surface area (Å²) in [5.41, 5.74) is 2.52. The molecule has 3 aromatic heterocycles. The molecule has 178 valence electrons. The second-order valence-electron chi connectivity index (χ2n) is 8.37. The summed E-state index contributed by atoms with van der Waals surface area (Å²) in [6.07, 6.45) is 6.54. The molecule has 0 radical (unpaired) electrons. The Morgan fingerprint density at radius 3 is 2.71 bits per heavy atom. The van der Waals surface area contributed by atoms with Gasteiger partial charge in [0.1, 0.15) is 11.9 Å². The van der Waals surface area contributed by atoms with Crippen LogP contribution in [0.3, 0.4) is 0 Å². The molecule has 0 aliphatic carbocycles. The number of piperazine rings is 1. The van der Waals surface area contributed by atoms with Gasteiger partial charge >= 0.3 is 6.03 Å². The normalized spacial score (nSPS) is 17.7. The van der Waals surface area contributed by atoms with E-state index in [9.17, 15) is 14.4 Å². The second kappa shape index (κ2) is 9.09. The number of aryl methyl sites for hydroxylation is 1. The molecule has 1 saturated heterocycles. The van der Waals surface area contributed by atoms with Crippen LogP contribution in [0.15, 0.2) is 35.8 Å². The van der Waals surface area contributed by atoms with E-state index < -0.39 is 5.82 Å². The van der Waals surface area contributed by atoms with Gasteiger partial charge in [-0.2, -0.15) is 20.4 Å². The highest BCUT2D eigenvalue weighted by Crippen LogP contribution is 2.29. The maximum Gasteiger partial charge on any atom is 0.341 e. The summed E-state index contributed by atoms with van der Waals surface area (Å²) in [5.74, 6) is 0.666. The average molecular weight is 475 g/mol. The Morgan fingerprint density at radius 2 is 2.00 bits per heavy atom. The fraction of sp³-hybridized carbons (Fsp3) is 0.348. The molecule has 2 amide bonds.